The fourth-order valence-electron chi connectivity index (χ4n) is 3.63. The fraction of sp³-hybridized carbons (Fsp3) is 0.296. The quantitative estimate of drug-likeness (QED) is 0.228. The Morgan fingerprint density at radius 1 is 1.03 bits per heavy atom. The van der Waals surface area contributed by atoms with E-state index in [4.69, 9.17) is 19.8 Å². The van der Waals surface area contributed by atoms with Crippen molar-refractivity contribution in [2.24, 2.45) is 5.10 Å². The van der Waals surface area contributed by atoms with Gasteiger partial charge in [-0.3, -0.25) is 9.78 Å². The summed E-state index contributed by atoms with van der Waals surface area (Å²) in [7, 11) is -0.408. The molecule has 3 aromatic rings. The lowest BCUT2D eigenvalue weighted by Crippen LogP contribution is -2.41. The molecule has 36 heavy (non-hydrogen) atoms. The van der Waals surface area contributed by atoms with Gasteiger partial charge in [-0.15, -0.1) is 0 Å². The fourth-order valence-corrected chi connectivity index (χ4v) is 3.63. The van der Waals surface area contributed by atoms with Crippen LogP contribution in [0.15, 0.2) is 72.1 Å². The molecular weight excluding hydrogens is 455 g/mol. The van der Waals surface area contributed by atoms with E-state index >= 15 is 0 Å². The number of hydrogen-bond acceptors (Lipinski definition) is 7. The number of ether oxygens (including phenoxy) is 1. The number of amides is 1. The number of benzene rings is 2. The lowest BCUT2D eigenvalue weighted by molar-refractivity contribution is 0.00578. The van der Waals surface area contributed by atoms with Crippen LogP contribution in [0, 0.1) is 0 Å². The van der Waals surface area contributed by atoms with Gasteiger partial charge in [-0.05, 0) is 76.0 Å². The largest absolute Gasteiger partial charge is 0.494 e. The monoisotopic (exact) mass is 486 g/mol. The molecule has 0 aliphatic carbocycles. The maximum Gasteiger partial charge on any atom is 0.494 e. The number of nitrogens with one attached hydrogen (secondary N) is 1. The van der Waals surface area contributed by atoms with Crippen LogP contribution in [0.5, 0.6) is 5.75 Å². The van der Waals surface area contributed by atoms with Crippen molar-refractivity contribution in [3.05, 3.63) is 83.7 Å². The third-order valence-corrected chi connectivity index (χ3v) is 6.56. The van der Waals surface area contributed by atoms with E-state index in [2.05, 4.69) is 15.5 Å². The third-order valence-electron chi connectivity index (χ3n) is 6.56. The first kappa shape index (κ1) is 25.4. The molecule has 0 unspecified atom stereocenters. The van der Waals surface area contributed by atoms with E-state index in [1.165, 1.54) is 0 Å². The van der Waals surface area contributed by atoms with Crippen LogP contribution in [0.1, 0.15) is 56.1 Å². The number of aromatic nitrogens is 1. The summed E-state index contributed by atoms with van der Waals surface area (Å²) in [5.41, 5.74) is 12.0. The van der Waals surface area contributed by atoms with Crippen molar-refractivity contribution in [3.8, 4) is 5.75 Å². The first-order valence-corrected chi connectivity index (χ1v) is 11.8. The standard InChI is InChI=1S/C27H31BN4O4/c1-18(31-32-25(33)20-12-14-30-15-13-20)23-16-22(29)10-11-24(23)34-17-19-6-8-21(9-7-19)28-35-26(2,3)27(4,5)36-28/h6-16H,17,29H2,1-5H3,(H,32,33). The zero-order chi connectivity index (χ0) is 25.9. The molecule has 2 heterocycles. The Bertz CT molecular complexity index is 1240. The summed E-state index contributed by atoms with van der Waals surface area (Å²) in [4.78, 5) is 16.2. The average molecular weight is 486 g/mol. The van der Waals surface area contributed by atoms with E-state index in [1.54, 1.807) is 49.6 Å². The van der Waals surface area contributed by atoms with Crippen LogP contribution in [0.4, 0.5) is 5.69 Å². The Hall–Kier alpha value is -3.69. The maximum atomic E-state index is 12.3. The number of pyridine rings is 1. The molecule has 0 spiro atoms. The molecule has 1 aliphatic rings. The Morgan fingerprint density at radius 3 is 2.31 bits per heavy atom. The summed E-state index contributed by atoms with van der Waals surface area (Å²) in [5, 5.41) is 4.24. The van der Waals surface area contributed by atoms with Gasteiger partial charge in [-0.2, -0.15) is 5.10 Å². The summed E-state index contributed by atoms with van der Waals surface area (Å²) in [6.07, 6.45) is 3.11. The van der Waals surface area contributed by atoms with Crippen LogP contribution in [0.3, 0.4) is 0 Å². The first-order chi connectivity index (χ1) is 17.1. The van der Waals surface area contributed by atoms with Crippen LogP contribution in [-0.2, 0) is 15.9 Å². The van der Waals surface area contributed by atoms with Crippen LogP contribution < -0.4 is 21.4 Å². The van der Waals surface area contributed by atoms with Gasteiger partial charge < -0.3 is 19.8 Å². The zero-order valence-corrected chi connectivity index (χ0v) is 21.2. The summed E-state index contributed by atoms with van der Waals surface area (Å²) in [6, 6.07) is 16.5. The predicted molar refractivity (Wildman–Crippen MR) is 141 cm³/mol. The molecule has 186 valence electrons. The molecule has 3 N–H and O–H groups in total. The number of carbonyl (C=O) groups is 1. The van der Waals surface area contributed by atoms with E-state index in [9.17, 15) is 4.79 Å². The molecule has 1 aliphatic heterocycles. The second-order valence-electron chi connectivity index (χ2n) is 9.75. The molecule has 0 atom stereocenters. The molecule has 4 rings (SSSR count). The van der Waals surface area contributed by atoms with Crippen molar-refractivity contribution in [2.45, 2.75) is 52.4 Å². The number of hydrazone groups is 1. The molecule has 1 fully saturated rings. The van der Waals surface area contributed by atoms with Crippen molar-refractivity contribution in [1.82, 2.24) is 10.4 Å². The van der Waals surface area contributed by atoms with Crippen LogP contribution >= 0.6 is 0 Å². The number of carbonyl (C=O) groups excluding carboxylic acids is 1. The Morgan fingerprint density at radius 2 is 1.67 bits per heavy atom. The summed E-state index contributed by atoms with van der Waals surface area (Å²) in [5.74, 6) is 0.281. The number of nitrogen functional groups attached to an aromatic ring is 1. The molecule has 0 radical (unpaired) electrons. The van der Waals surface area contributed by atoms with E-state index < -0.39 is 7.12 Å². The van der Waals surface area contributed by atoms with Crippen molar-refractivity contribution in [2.75, 3.05) is 5.73 Å². The van der Waals surface area contributed by atoms with Crippen LogP contribution in [0.25, 0.3) is 0 Å². The lowest BCUT2D eigenvalue weighted by Gasteiger charge is -2.32. The number of hydrogen-bond donors (Lipinski definition) is 2. The smallest absolute Gasteiger partial charge is 0.488 e. The zero-order valence-electron chi connectivity index (χ0n) is 21.2. The normalized spacial score (nSPS) is 16.6. The molecular formula is C27H31BN4O4. The maximum absolute atomic E-state index is 12.3. The van der Waals surface area contributed by atoms with Crippen molar-refractivity contribution in [3.63, 3.8) is 0 Å². The lowest BCUT2D eigenvalue weighted by atomic mass is 9.79. The molecule has 1 aromatic heterocycles. The Balaban J connectivity index is 1.43. The summed E-state index contributed by atoms with van der Waals surface area (Å²) >= 11 is 0. The van der Waals surface area contributed by atoms with Gasteiger partial charge >= 0.3 is 7.12 Å². The number of nitrogens with two attached hydrogens (primary N) is 1. The molecule has 1 saturated heterocycles. The van der Waals surface area contributed by atoms with Gasteiger partial charge in [0.2, 0.25) is 0 Å². The highest BCUT2D eigenvalue weighted by molar-refractivity contribution is 6.62. The van der Waals surface area contributed by atoms with Gasteiger partial charge in [0.05, 0.1) is 16.9 Å². The molecule has 0 saturated carbocycles. The second kappa shape index (κ2) is 10.1. The first-order valence-electron chi connectivity index (χ1n) is 11.8. The van der Waals surface area contributed by atoms with E-state index in [0.29, 0.717) is 34.9 Å². The van der Waals surface area contributed by atoms with Crippen molar-refractivity contribution >= 4 is 29.9 Å². The number of anilines is 1. The predicted octanol–water partition coefficient (Wildman–Crippen LogP) is 3.70. The number of rotatable bonds is 7. The van der Waals surface area contributed by atoms with E-state index in [0.717, 1.165) is 11.0 Å². The van der Waals surface area contributed by atoms with E-state index in [1.807, 2.05) is 52.0 Å². The van der Waals surface area contributed by atoms with Crippen molar-refractivity contribution < 1.29 is 18.8 Å². The molecule has 8 nitrogen and oxygen atoms in total. The number of nitrogens with zero attached hydrogens (tertiary/aromatic N) is 2. The van der Waals surface area contributed by atoms with Gasteiger partial charge in [0, 0.05) is 29.2 Å². The highest BCUT2D eigenvalue weighted by atomic mass is 16.7. The third kappa shape index (κ3) is 5.58. The highest BCUT2D eigenvalue weighted by Crippen LogP contribution is 2.36. The van der Waals surface area contributed by atoms with Gasteiger partial charge in [0.15, 0.2) is 0 Å². The molecule has 0 bridgehead atoms. The van der Waals surface area contributed by atoms with Crippen LogP contribution in [-0.4, -0.2) is 34.9 Å². The minimum Gasteiger partial charge on any atom is -0.488 e. The van der Waals surface area contributed by atoms with Gasteiger partial charge in [-0.25, -0.2) is 5.43 Å². The summed E-state index contributed by atoms with van der Waals surface area (Å²) in [6.45, 7) is 10.3. The van der Waals surface area contributed by atoms with Gasteiger partial charge in [0.1, 0.15) is 12.4 Å². The average Bonchev–Trinajstić information content (AvgIpc) is 3.08. The molecule has 9 heteroatoms. The van der Waals surface area contributed by atoms with Crippen LogP contribution in [0.2, 0.25) is 0 Å². The Kier molecular flexibility index (Phi) is 7.15. The Labute approximate surface area is 212 Å². The van der Waals surface area contributed by atoms with Gasteiger partial charge in [-0.1, -0.05) is 24.3 Å². The molecule has 2 aromatic carbocycles. The van der Waals surface area contributed by atoms with Gasteiger partial charge in [0.25, 0.3) is 5.91 Å². The highest BCUT2D eigenvalue weighted by Gasteiger charge is 2.51. The topological polar surface area (TPSA) is 108 Å². The second-order valence-corrected chi connectivity index (χ2v) is 9.75. The minimum absolute atomic E-state index is 0.329. The summed E-state index contributed by atoms with van der Waals surface area (Å²) < 4.78 is 18.4. The molecule has 1 amide bonds. The van der Waals surface area contributed by atoms with Crippen molar-refractivity contribution in [1.29, 1.82) is 0 Å². The van der Waals surface area contributed by atoms with E-state index in [-0.39, 0.29) is 17.1 Å². The minimum atomic E-state index is -0.408. The SMILES string of the molecule is CC(=NNC(=O)c1ccncc1)c1cc(N)ccc1OCc1ccc(B2OC(C)(C)C(C)(C)O2)cc1.